The number of halogens is 1. The zero-order chi connectivity index (χ0) is 18.3. The van der Waals surface area contributed by atoms with Gasteiger partial charge in [0.05, 0.1) is 29.5 Å². The van der Waals surface area contributed by atoms with E-state index >= 15 is 0 Å². The van der Waals surface area contributed by atoms with Crippen LogP contribution in [0, 0.1) is 13.8 Å². The number of hydrogen-bond donors (Lipinski definition) is 1. The van der Waals surface area contributed by atoms with E-state index in [9.17, 15) is 14.4 Å². The first-order chi connectivity index (χ1) is 11.8. The van der Waals surface area contributed by atoms with E-state index < -0.39 is 0 Å². The molecular weight excluding hydrogens is 386 g/mol. The number of aryl methyl sites for hydroxylation is 1. The van der Waals surface area contributed by atoms with Crippen molar-refractivity contribution in [1.29, 1.82) is 0 Å². The Morgan fingerprint density at radius 1 is 1.28 bits per heavy atom. The van der Waals surface area contributed by atoms with Crippen molar-refractivity contribution in [1.82, 2.24) is 14.5 Å². The van der Waals surface area contributed by atoms with Gasteiger partial charge in [-0.15, -0.1) is 0 Å². The van der Waals surface area contributed by atoms with Crippen LogP contribution in [0.15, 0.2) is 33.8 Å². The Balaban J connectivity index is 2.01. The minimum absolute atomic E-state index is 0.0975. The lowest BCUT2D eigenvalue weighted by molar-refractivity contribution is 0.0965. The summed E-state index contributed by atoms with van der Waals surface area (Å²) in [6.45, 7) is 4.80. The molecule has 0 atom stereocenters. The number of Topliss-reactive ketones (excluding diaryl/α,β-unsaturated/α-hetero) is 2. The topological polar surface area (TPSA) is 84.8 Å². The number of carbonyl (C=O) groups excluding carboxylic acids is 2. The normalized spacial score (nSPS) is 11.0. The summed E-state index contributed by atoms with van der Waals surface area (Å²) in [6, 6.07) is 5.23. The fraction of sp³-hybridized carbons (Fsp3) is 0.222. The van der Waals surface area contributed by atoms with Crippen LogP contribution in [0.1, 0.15) is 39.0 Å². The molecule has 0 saturated carbocycles. The van der Waals surface area contributed by atoms with Crippen molar-refractivity contribution < 1.29 is 9.59 Å². The minimum Gasteiger partial charge on any atom is -0.355 e. The molecule has 0 spiro atoms. The van der Waals surface area contributed by atoms with Gasteiger partial charge in [-0.25, -0.2) is 4.98 Å². The standard InChI is InChI=1S/C18H16BrN3O3/c1-9-16(11(3)23)10(2)21-17(9)15(24)7-22-8-20-14-5-4-12(19)6-13(14)18(22)25/h4-6,8,21H,7H2,1-3H3. The lowest BCUT2D eigenvalue weighted by Gasteiger charge is -2.06. The number of fused-ring (bicyclic) bond motifs is 1. The largest absolute Gasteiger partial charge is 0.355 e. The van der Waals surface area contributed by atoms with Gasteiger partial charge in [-0.1, -0.05) is 15.9 Å². The summed E-state index contributed by atoms with van der Waals surface area (Å²) in [5, 5.41) is 0.438. The summed E-state index contributed by atoms with van der Waals surface area (Å²) < 4.78 is 2.05. The maximum Gasteiger partial charge on any atom is 0.261 e. The predicted molar refractivity (Wildman–Crippen MR) is 98.3 cm³/mol. The first-order valence-corrected chi connectivity index (χ1v) is 8.47. The molecule has 0 radical (unpaired) electrons. The highest BCUT2D eigenvalue weighted by atomic mass is 79.9. The van der Waals surface area contributed by atoms with Gasteiger partial charge in [0.15, 0.2) is 11.6 Å². The van der Waals surface area contributed by atoms with Crippen LogP contribution in [0.5, 0.6) is 0 Å². The smallest absolute Gasteiger partial charge is 0.261 e. The second-order valence-corrected chi connectivity index (χ2v) is 6.86. The third-order valence-electron chi connectivity index (χ3n) is 4.17. The van der Waals surface area contributed by atoms with Crippen molar-refractivity contribution in [2.45, 2.75) is 27.3 Å². The minimum atomic E-state index is -0.285. The maximum absolute atomic E-state index is 12.6. The highest BCUT2D eigenvalue weighted by molar-refractivity contribution is 9.10. The Labute approximate surface area is 152 Å². The number of H-pyrrole nitrogens is 1. The molecule has 0 unspecified atom stereocenters. The second kappa shape index (κ2) is 6.40. The van der Waals surface area contributed by atoms with Crippen molar-refractivity contribution in [2.75, 3.05) is 0 Å². The summed E-state index contributed by atoms with van der Waals surface area (Å²) in [4.78, 5) is 44.1. The lowest BCUT2D eigenvalue weighted by Crippen LogP contribution is -2.25. The van der Waals surface area contributed by atoms with Gasteiger partial charge in [-0.3, -0.25) is 19.0 Å². The molecular formula is C18H16BrN3O3. The van der Waals surface area contributed by atoms with E-state index in [1.54, 1.807) is 32.0 Å². The Morgan fingerprint density at radius 3 is 2.64 bits per heavy atom. The molecule has 0 amide bonds. The molecule has 25 heavy (non-hydrogen) atoms. The Hall–Kier alpha value is -2.54. The average molecular weight is 402 g/mol. The summed E-state index contributed by atoms with van der Waals surface area (Å²) in [6.07, 6.45) is 1.37. The van der Waals surface area contributed by atoms with Crippen LogP contribution < -0.4 is 5.56 Å². The number of hydrogen-bond acceptors (Lipinski definition) is 4. The van der Waals surface area contributed by atoms with Crippen molar-refractivity contribution in [3.05, 3.63) is 61.9 Å². The zero-order valence-electron chi connectivity index (χ0n) is 14.0. The van der Waals surface area contributed by atoms with Gasteiger partial charge in [0.25, 0.3) is 5.56 Å². The number of benzene rings is 1. The molecule has 1 N–H and O–H groups in total. The number of nitrogens with zero attached hydrogens (tertiary/aromatic N) is 2. The van der Waals surface area contributed by atoms with Crippen molar-refractivity contribution >= 4 is 38.4 Å². The van der Waals surface area contributed by atoms with E-state index in [4.69, 9.17) is 0 Å². The van der Waals surface area contributed by atoms with Crippen LogP contribution in [0.25, 0.3) is 10.9 Å². The molecule has 7 heteroatoms. The molecule has 0 aliphatic rings. The SMILES string of the molecule is CC(=O)c1c(C)[nH]c(C(=O)Cn2cnc3ccc(Br)cc3c2=O)c1C. The van der Waals surface area contributed by atoms with E-state index in [1.807, 2.05) is 0 Å². The summed E-state index contributed by atoms with van der Waals surface area (Å²) >= 11 is 3.33. The van der Waals surface area contributed by atoms with Gasteiger partial charge in [-0.2, -0.15) is 0 Å². The van der Waals surface area contributed by atoms with E-state index in [2.05, 4.69) is 25.9 Å². The number of aromatic nitrogens is 3. The molecule has 128 valence electrons. The first kappa shape index (κ1) is 17.3. The molecule has 2 aromatic heterocycles. The van der Waals surface area contributed by atoms with Crippen molar-refractivity contribution in [2.24, 2.45) is 0 Å². The summed E-state index contributed by atoms with van der Waals surface area (Å²) in [5.41, 5.74) is 2.43. The number of nitrogens with one attached hydrogen (secondary N) is 1. The highest BCUT2D eigenvalue weighted by Gasteiger charge is 2.20. The second-order valence-electron chi connectivity index (χ2n) is 5.94. The number of aromatic amines is 1. The van der Waals surface area contributed by atoms with E-state index in [1.165, 1.54) is 17.8 Å². The van der Waals surface area contributed by atoms with Gasteiger partial charge in [-0.05, 0) is 44.5 Å². The Kier molecular flexibility index (Phi) is 4.43. The number of carbonyl (C=O) groups is 2. The van der Waals surface area contributed by atoms with Crippen LogP contribution >= 0.6 is 15.9 Å². The molecule has 3 rings (SSSR count). The Morgan fingerprint density at radius 2 is 2.00 bits per heavy atom. The predicted octanol–water partition coefficient (Wildman–Crippen LogP) is 3.19. The van der Waals surface area contributed by atoms with Crippen molar-refractivity contribution in [3.8, 4) is 0 Å². The van der Waals surface area contributed by atoms with Gasteiger partial charge >= 0.3 is 0 Å². The summed E-state index contributed by atoms with van der Waals surface area (Å²) in [5.74, 6) is -0.369. The number of rotatable bonds is 4. The zero-order valence-corrected chi connectivity index (χ0v) is 15.6. The molecule has 0 fully saturated rings. The number of ketones is 2. The fourth-order valence-electron chi connectivity index (χ4n) is 3.03. The summed E-state index contributed by atoms with van der Waals surface area (Å²) in [7, 11) is 0. The van der Waals surface area contributed by atoms with Crippen LogP contribution in [0.3, 0.4) is 0 Å². The fourth-order valence-corrected chi connectivity index (χ4v) is 3.40. The Bertz CT molecular complexity index is 1080. The maximum atomic E-state index is 12.6. The first-order valence-electron chi connectivity index (χ1n) is 7.67. The van der Waals surface area contributed by atoms with Gasteiger partial charge < -0.3 is 4.98 Å². The van der Waals surface area contributed by atoms with Gasteiger partial charge in [0.1, 0.15) is 0 Å². The molecule has 0 saturated heterocycles. The van der Waals surface area contributed by atoms with Crippen LogP contribution in [0.4, 0.5) is 0 Å². The highest BCUT2D eigenvalue weighted by Crippen LogP contribution is 2.19. The van der Waals surface area contributed by atoms with Crippen LogP contribution in [0.2, 0.25) is 0 Å². The molecule has 0 aliphatic heterocycles. The van der Waals surface area contributed by atoms with E-state index in [-0.39, 0.29) is 23.7 Å². The molecule has 1 aromatic carbocycles. The van der Waals surface area contributed by atoms with Gasteiger partial charge in [0.2, 0.25) is 0 Å². The molecule has 3 aromatic rings. The third kappa shape index (κ3) is 3.07. The third-order valence-corrected chi connectivity index (χ3v) is 4.66. The van der Waals surface area contributed by atoms with Crippen LogP contribution in [-0.4, -0.2) is 26.1 Å². The van der Waals surface area contributed by atoms with E-state index in [0.717, 1.165) is 4.47 Å². The van der Waals surface area contributed by atoms with Crippen molar-refractivity contribution in [3.63, 3.8) is 0 Å². The quantitative estimate of drug-likeness (QED) is 0.680. The monoisotopic (exact) mass is 401 g/mol. The van der Waals surface area contributed by atoms with Gasteiger partial charge in [0, 0.05) is 15.7 Å². The molecule has 0 bridgehead atoms. The van der Waals surface area contributed by atoms with Crippen LogP contribution in [-0.2, 0) is 6.54 Å². The molecule has 6 nitrogen and oxygen atoms in total. The molecule has 2 heterocycles. The molecule has 0 aliphatic carbocycles. The lowest BCUT2D eigenvalue weighted by atomic mass is 10.1. The average Bonchev–Trinajstić information content (AvgIpc) is 2.85. The van der Waals surface area contributed by atoms with E-state index in [0.29, 0.717) is 33.4 Å².